The summed E-state index contributed by atoms with van der Waals surface area (Å²) in [6, 6.07) is 0. The fourth-order valence-corrected chi connectivity index (χ4v) is 7.82. The largest absolute Gasteiger partial charge is 0.463 e. The predicted molar refractivity (Wildman–Crippen MR) is 97.0 cm³/mol. The summed E-state index contributed by atoms with van der Waals surface area (Å²) in [5, 5.41) is -0.438. The molecule has 1 heterocycles. The SMILES string of the molecule is CCC(C)(C)C(=O)OCCOC1(C)C2(C)CC3C(C2C)C1(C)OS3(=O)=O. The van der Waals surface area contributed by atoms with E-state index in [1.165, 1.54) is 0 Å². The zero-order valence-corrected chi connectivity index (χ0v) is 17.7. The van der Waals surface area contributed by atoms with Crippen molar-refractivity contribution in [1.29, 1.82) is 0 Å². The first kappa shape index (κ1) is 20.1. The Morgan fingerprint density at radius 3 is 2.42 bits per heavy atom. The molecule has 2 bridgehead atoms. The Morgan fingerprint density at radius 2 is 1.85 bits per heavy atom. The number of rotatable bonds is 6. The molecule has 0 aromatic rings. The number of esters is 1. The highest BCUT2D eigenvalue weighted by atomic mass is 32.2. The molecule has 2 saturated carbocycles. The van der Waals surface area contributed by atoms with Gasteiger partial charge in [-0.25, -0.2) is 0 Å². The van der Waals surface area contributed by atoms with E-state index in [1.54, 1.807) is 0 Å². The molecular weight excluding hydrogens is 356 g/mol. The molecule has 150 valence electrons. The Morgan fingerprint density at radius 1 is 1.23 bits per heavy atom. The maximum absolute atomic E-state index is 12.5. The average Bonchev–Trinajstić information content (AvgIpc) is 2.97. The van der Waals surface area contributed by atoms with Gasteiger partial charge in [0.1, 0.15) is 17.8 Å². The molecule has 0 aromatic carbocycles. The summed E-state index contributed by atoms with van der Waals surface area (Å²) in [5.74, 6) is -0.127. The van der Waals surface area contributed by atoms with E-state index in [4.69, 9.17) is 13.7 Å². The summed E-state index contributed by atoms with van der Waals surface area (Å²) in [6.45, 7) is 14.1. The van der Waals surface area contributed by atoms with E-state index in [9.17, 15) is 13.2 Å². The van der Waals surface area contributed by atoms with E-state index in [2.05, 4.69) is 13.8 Å². The van der Waals surface area contributed by atoms with Gasteiger partial charge in [-0.2, -0.15) is 8.42 Å². The van der Waals surface area contributed by atoms with Crippen LogP contribution in [0.3, 0.4) is 0 Å². The normalized spacial score (nSPS) is 45.9. The lowest BCUT2D eigenvalue weighted by Gasteiger charge is -2.49. The molecule has 7 heteroatoms. The highest BCUT2D eigenvalue weighted by Gasteiger charge is 2.83. The predicted octanol–water partition coefficient (Wildman–Crippen LogP) is 2.90. The van der Waals surface area contributed by atoms with Crippen LogP contribution in [0.15, 0.2) is 0 Å². The molecule has 3 aliphatic rings. The quantitative estimate of drug-likeness (QED) is 0.395. The van der Waals surface area contributed by atoms with Gasteiger partial charge in [0.05, 0.1) is 17.3 Å². The van der Waals surface area contributed by atoms with E-state index in [1.807, 2.05) is 34.6 Å². The lowest BCUT2D eigenvalue weighted by molar-refractivity contribution is -0.200. The molecule has 0 aromatic heterocycles. The molecule has 2 aliphatic carbocycles. The molecule has 6 atom stereocenters. The minimum absolute atomic E-state index is 0.0657. The summed E-state index contributed by atoms with van der Waals surface area (Å²) in [7, 11) is -3.56. The van der Waals surface area contributed by atoms with Crippen LogP contribution in [-0.2, 0) is 28.6 Å². The molecule has 1 saturated heterocycles. The van der Waals surface area contributed by atoms with Crippen molar-refractivity contribution in [2.24, 2.45) is 22.7 Å². The van der Waals surface area contributed by atoms with Crippen molar-refractivity contribution in [1.82, 2.24) is 0 Å². The molecule has 6 unspecified atom stereocenters. The van der Waals surface area contributed by atoms with Crippen LogP contribution in [0.1, 0.15) is 61.3 Å². The summed E-state index contributed by atoms with van der Waals surface area (Å²) in [5.41, 5.74) is -2.45. The minimum atomic E-state index is -3.56. The van der Waals surface area contributed by atoms with Crippen molar-refractivity contribution in [2.75, 3.05) is 13.2 Å². The maximum Gasteiger partial charge on any atom is 0.311 e. The number of carbonyl (C=O) groups excluding carboxylic acids is 1. The lowest BCUT2D eigenvalue weighted by Crippen LogP contribution is -2.60. The van der Waals surface area contributed by atoms with Gasteiger partial charge in [0.2, 0.25) is 0 Å². The third-order valence-electron chi connectivity index (χ3n) is 8.05. The molecule has 0 amide bonds. The third kappa shape index (κ3) is 2.29. The molecular formula is C19H32O6S. The second-order valence-corrected chi connectivity index (χ2v) is 11.2. The lowest BCUT2D eigenvalue weighted by atomic mass is 9.66. The van der Waals surface area contributed by atoms with Crippen LogP contribution in [0, 0.1) is 22.7 Å². The molecule has 3 rings (SSSR count). The van der Waals surface area contributed by atoms with Gasteiger partial charge in [-0.1, -0.05) is 20.8 Å². The van der Waals surface area contributed by atoms with Gasteiger partial charge >= 0.3 is 5.97 Å². The Labute approximate surface area is 157 Å². The Bertz CT molecular complexity index is 716. The highest BCUT2D eigenvalue weighted by Crippen LogP contribution is 2.74. The second-order valence-electron chi connectivity index (χ2n) is 9.41. The average molecular weight is 389 g/mol. The number of ether oxygens (including phenoxy) is 2. The highest BCUT2D eigenvalue weighted by molar-refractivity contribution is 7.87. The number of carbonyl (C=O) groups is 1. The van der Waals surface area contributed by atoms with E-state index in [-0.39, 0.29) is 36.4 Å². The molecule has 0 N–H and O–H groups in total. The molecule has 6 nitrogen and oxygen atoms in total. The fourth-order valence-electron chi connectivity index (χ4n) is 5.54. The molecule has 3 fully saturated rings. The van der Waals surface area contributed by atoms with Gasteiger partial charge in [0.15, 0.2) is 0 Å². The molecule has 1 aliphatic heterocycles. The van der Waals surface area contributed by atoms with Crippen LogP contribution in [-0.4, -0.2) is 44.1 Å². The van der Waals surface area contributed by atoms with Crippen LogP contribution in [0.2, 0.25) is 0 Å². The van der Waals surface area contributed by atoms with E-state index >= 15 is 0 Å². The minimum Gasteiger partial charge on any atom is -0.463 e. The van der Waals surface area contributed by atoms with Crippen LogP contribution < -0.4 is 0 Å². The van der Waals surface area contributed by atoms with Crippen LogP contribution in [0.4, 0.5) is 0 Å². The van der Waals surface area contributed by atoms with Gasteiger partial charge in [0.25, 0.3) is 10.1 Å². The first-order valence-electron chi connectivity index (χ1n) is 9.52. The topological polar surface area (TPSA) is 78.9 Å². The van der Waals surface area contributed by atoms with Crippen molar-refractivity contribution in [3.63, 3.8) is 0 Å². The Hall–Kier alpha value is -0.660. The summed E-state index contributed by atoms with van der Waals surface area (Å²) in [6.07, 6.45) is 1.25. The summed E-state index contributed by atoms with van der Waals surface area (Å²) < 4.78 is 42.2. The fraction of sp³-hybridized carbons (Fsp3) is 0.947. The van der Waals surface area contributed by atoms with E-state index in [0.717, 1.165) is 0 Å². The van der Waals surface area contributed by atoms with Crippen molar-refractivity contribution < 1.29 is 26.9 Å². The summed E-state index contributed by atoms with van der Waals surface area (Å²) >= 11 is 0. The third-order valence-corrected chi connectivity index (χ3v) is 9.83. The van der Waals surface area contributed by atoms with Gasteiger partial charge < -0.3 is 9.47 Å². The first-order valence-corrected chi connectivity index (χ1v) is 11.0. The van der Waals surface area contributed by atoms with Gasteiger partial charge in [-0.15, -0.1) is 0 Å². The smallest absolute Gasteiger partial charge is 0.311 e. The van der Waals surface area contributed by atoms with E-state index < -0.39 is 32.0 Å². The summed E-state index contributed by atoms with van der Waals surface area (Å²) in [4.78, 5) is 12.1. The zero-order valence-electron chi connectivity index (χ0n) is 16.9. The van der Waals surface area contributed by atoms with Crippen LogP contribution in [0.5, 0.6) is 0 Å². The van der Waals surface area contributed by atoms with Gasteiger partial charge in [-0.05, 0) is 46.5 Å². The van der Waals surface area contributed by atoms with Crippen molar-refractivity contribution in [3.05, 3.63) is 0 Å². The zero-order chi connectivity index (χ0) is 19.8. The van der Waals surface area contributed by atoms with E-state index in [0.29, 0.717) is 12.8 Å². The second kappa shape index (κ2) is 5.67. The number of hydrogen-bond donors (Lipinski definition) is 0. The van der Waals surface area contributed by atoms with Crippen molar-refractivity contribution in [2.45, 2.75) is 77.8 Å². The molecule has 0 spiro atoms. The molecule has 26 heavy (non-hydrogen) atoms. The van der Waals surface area contributed by atoms with Crippen LogP contribution in [0.25, 0.3) is 0 Å². The van der Waals surface area contributed by atoms with Crippen molar-refractivity contribution in [3.8, 4) is 0 Å². The maximum atomic E-state index is 12.5. The molecule has 0 radical (unpaired) electrons. The number of hydrogen-bond acceptors (Lipinski definition) is 6. The number of fused-ring (bicyclic) bond motifs is 1. The van der Waals surface area contributed by atoms with Gasteiger partial charge in [0, 0.05) is 11.3 Å². The Kier molecular flexibility index (Phi) is 4.38. The van der Waals surface area contributed by atoms with Crippen molar-refractivity contribution >= 4 is 16.1 Å². The van der Waals surface area contributed by atoms with Gasteiger partial charge in [-0.3, -0.25) is 8.98 Å². The Balaban J connectivity index is 1.73. The monoisotopic (exact) mass is 388 g/mol. The first-order chi connectivity index (χ1) is 11.8. The standard InChI is InChI=1S/C19H32O6S/c1-8-16(3,4)15(20)23-9-10-24-19(7)17(5)11-13-14(12(17)2)18(19,6)25-26(13,21)22/h12-14H,8-11H2,1-7H3. The van der Waals surface area contributed by atoms with Crippen LogP contribution >= 0.6 is 0 Å².